The number of carbonyl (C=O) groups excluding carboxylic acids is 3. The summed E-state index contributed by atoms with van der Waals surface area (Å²) in [6.07, 6.45) is 3.18. The van der Waals surface area contributed by atoms with Crippen molar-refractivity contribution in [1.82, 2.24) is 0 Å². The van der Waals surface area contributed by atoms with Crippen molar-refractivity contribution < 1.29 is 38.1 Å². The zero-order valence-electron chi connectivity index (χ0n) is 24.4. The zero-order valence-corrected chi connectivity index (χ0v) is 24.4. The van der Waals surface area contributed by atoms with Crippen molar-refractivity contribution in [2.24, 2.45) is 10.8 Å². The first kappa shape index (κ1) is 31.4. The molecule has 0 fully saturated rings. The first-order valence-corrected chi connectivity index (χ1v) is 12.8. The van der Waals surface area contributed by atoms with E-state index in [0.29, 0.717) is 29.4 Å². The van der Waals surface area contributed by atoms with Crippen LogP contribution in [0.4, 0.5) is 0 Å². The Morgan fingerprint density at radius 1 is 0.769 bits per heavy atom. The smallest absolute Gasteiger partial charge is 0.314 e. The van der Waals surface area contributed by atoms with Gasteiger partial charge in [-0.3, -0.25) is 14.4 Å². The van der Waals surface area contributed by atoms with E-state index in [4.69, 9.17) is 23.7 Å². The fourth-order valence-electron chi connectivity index (χ4n) is 3.36. The molecule has 0 aliphatic rings. The van der Waals surface area contributed by atoms with Crippen LogP contribution in [0.15, 0.2) is 36.4 Å². The van der Waals surface area contributed by atoms with Gasteiger partial charge in [0.2, 0.25) is 13.6 Å². The lowest BCUT2D eigenvalue weighted by Crippen LogP contribution is -2.24. The maximum absolute atomic E-state index is 12.8. The van der Waals surface area contributed by atoms with E-state index in [-0.39, 0.29) is 31.3 Å². The predicted octanol–water partition coefficient (Wildman–Crippen LogP) is 6.45. The molecule has 0 amide bonds. The quantitative estimate of drug-likeness (QED) is 0.139. The molecule has 0 aliphatic heterocycles. The summed E-state index contributed by atoms with van der Waals surface area (Å²) < 4.78 is 27.4. The van der Waals surface area contributed by atoms with Crippen molar-refractivity contribution in [3.63, 3.8) is 0 Å². The van der Waals surface area contributed by atoms with Gasteiger partial charge in [0.15, 0.2) is 5.78 Å². The number of aryl methyl sites for hydroxylation is 1. The summed E-state index contributed by atoms with van der Waals surface area (Å²) in [5.74, 6) is 0.702. The molecule has 0 radical (unpaired) electrons. The summed E-state index contributed by atoms with van der Waals surface area (Å²) in [6, 6.07) is 8.43. The van der Waals surface area contributed by atoms with Crippen LogP contribution in [-0.2, 0) is 19.1 Å². The van der Waals surface area contributed by atoms with Gasteiger partial charge in [-0.2, -0.15) is 0 Å². The van der Waals surface area contributed by atoms with Gasteiger partial charge < -0.3 is 23.7 Å². The van der Waals surface area contributed by atoms with Gasteiger partial charge >= 0.3 is 11.9 Å². The molecule has 0 heterocycles. The highest BCUT2D eigenvalue weighted by atomic mass is 16.7. The molecule has 0 bridgehead atoms. The van der Waals surface area contributed by atoms with E-state index in [1.165, 1.54) is 6.08 Å². The Morgan fingerprint density at radius 3 is 1.82 bits per heavy atom. The van der Waals surface area contributed by atoms with E-state index < -0.39 is 10.8 Å². The molecule has 212 valence electrons. The number of allylic oxidation sites excluding steroid dienone is 1. The van der Waals surface area contributed by atoms with Gasteiger partial charge in [-0.25, -0.2) is 0 Å². The van der Waals surface area contributed by atoms with Gasteiger partial charge in [0.05, 0.1) is 17.4 Å². The predicted molar refractivity (Wildman–Crippen MR) is 149 cm³/mol. The summed E-state index contributed by atoms with van der Waals surface area (Å²) in [5.41, 5.74) is 1.50. The topological polar surface area (TPSA) is 97.4 Å². The standard InChI is InChI=1S/C31H40O8/c1-10-35-27-21(3)26(37-19-39-29(34)31(7,8)9)20(2)17-23(27)13-16-25(32)22-11-14-24(15-12-22)36-18-38-28(33)30(4,5)6/h11-17H,10,18-19H2,1-9H3. The van der Waals surface area contributed by atoms with Crippen molar-refractivity contribution in [1.29, 1.82) is 0 Å². The third-order valence-corrected chi connectivity index (χ3v) is 5.55. The third kappa shape index (κ3) is 9.16. The highest BCUT2D eigenvalue weighted by molar-refractivity contribution is 6.07. The van der Waals surface area contributed by atoms with Crippen LogP contribution in [0.2, 0.25) is 0 Å². The lowest BCUT2D eigenvalue weighted by Gasteiger charge is -2.20. The highest BCUT2D eigenvalue weighted by Crippen LogP contribution is 2.36. The summed E-state index contributed by atoms with van der Waals surface area (Å²) >= 11 is 0. The normalized spacial score (nSPS) is 11.7. The van der Waals surface area contributed by atoms with Crippen LogP contribution in [-0.4, -0.2) is 37.9 Å². The molecule has 0 atom stereocenters. The Labute approximate surface area is 231 Å². The van der Waals surface area contributed by atoms with Crippen LogP contribution >= 0.6 is 0 Å². The van der Waals surface area contributed by atoms with E-state index in [1.54, 1.807) is 71.9 Å². The first-order chi connectivity index (χ1) is 18.1. The van der Waals surface area contributed by atoms with E-state index in [1.807, 2.05) is 26.8 Å². The molecule has 2 rings (SSSR count). The van der Waals surface area contributed by atoms with Gasteiger partial charge in [0, 0.05) is 16.7 Å². The summed E-state index contributed by atoms with van der Waals surface area (Å²) in [4.78, 5) is 36.7. The molecule has 2 aromatic rings. The number of hydrogen-bond donors (Lipinski definition) is 0. The number of hydrogen-bond acceptors (Lipinski definition) is 8. The molecular formula is C31H40O8. The fourth-order valence-corrected chi connectivity index (χ4v) is 3.36. The number of carbonyl (C=O) groups is 3. The molecule has 39 heavy (non-hydrogen) atoms. The number of esters is 2. The van der Waals surface area contributed by atoms with Crippen LogP contribution in [0, 0.1) is 24.7 Å². The summed E-state index contributed by atoms with van der Waals surface area (Å²) in [5, 5.41) is 0. The molecule has 0 spiro atoms. The van der Waals surface area contributed by atoms with E-state index in [2.05, 4.69) is 0 Å². The average molecular weight is 541 g/mol. The maximum Gasteiger partial charge on any atom is 0.314 e. The molecule has 0 unspecified atom stereocenters. The molecule has 0 aromatic heterocycles. The molecule has 0 aliphatic carbocycles. The lowest BCUT2D eigenvalue weighted by atomic mass is 9.97. The number of ketones is 1. The zero-order chi connectivity index (χ0) is 29.4. The highest BCUT2D eigenvalue weighted by Gasteiger charge is 2.24. The van der Waals surface area contributed by atoms with Crippen LogP contribution < -0.4 is 14.2 Å². The minimum atomic E-state index is -0.626. The van der Waals surface area contributed by atoms with Crippen LogP contribution in [0.1, 0.15) is 75.5 Å². The molecule has 2 aromatic carbocycles. The van der Waals surface area contributed by atoms with Gasteiger partial charge in [-0.05, 0) is 110 Å². The Kier molecular flexibility index (Phi) is 10.7. The Morgan fingerprint density at radius 2 is 1.31 bits per heavy atom. The molecule has 8 heteroatoms. The van der Waals surface area contributed by atoms with Crippen molar-refractivity contribution in [3.05, 3.63) is 58.7 Å². The van der Waals surface area contributed by atoms with Gasteiger partial charge in [-0.15, -0.1) is 0 Å². The monoisotopic (exact) mass is 540 g/mol. The molecular weight excluding hydrogens is 500 g/mol. The SMILES string of the molecule is CCOc1c(C=CC(=O)c2ccc(OCOC(=O)C(C)(C)C)cc2)cc(C)c(OCOC(=O)C(C)(C)C)c1C. The Balaban J connectivity index is 2.11. The lowest BCUT2D eigenvalue weighted by molar-refractivity contribution is -0.160. The van der Waals surface area contributed by atoms with Gasteiger partial charge in [-0.1, -0.05) is 0 Å². The first-order valence-electron chi connectivity index (χ1n) is 12.8. The number of rotatable bonds is 11. The van der Waals surface area contributed by atoms with E-state index >= 15 is 0 Å². The average Bonchev–Trinajstić information content (AvgIpc) is 2.85. The second-order valence-corrected chi connectivity index (χ2v) is 11.1. The Bertz CT molecular complexity index is 1200. The van der Waals surface area contributed by atoms with Gasteiger partial charge in [0.1, 0.15) is 17.2 Å². The number of ether oxygens (including phenoxy) is 5. The van der Waals surface area contributed by atoms with Crippen molar-refractivity contribution >= 4 is 23.8 Å². The van der Waals surface area contributed by atoms with Crippen LogP contribution in [0.3, 0.4) is 0 Å². The molecule has 8 nitrogen and oxygen atoms in total. The third-order valence-electron chi connectivity index (χ3n) is 5.55. The second kappa shape index (κ2) is 13.3. The minimum Gasteiger partial charge on any atom is -0.493 e. The summed E-state index contributed by atoms with van der Waals surface area (Å²) in [7, 11) is 0. The van der Waals surface area contributed by atoms with E-state index in [9.17, 15) is 14.4 Å². The second-order valence-electron chi connectivity index (χ2n) is 11.1. The largest absolute Gasteiger partial charge is 0.493 e. The molecule has 0 saturated carbocycles. The van der Waals surface area contributed by atoms with Crippen LogP contribution in [0.5, 0.6) is 17.2 Å². The van der Waals surface area contributed by atoms with Crippen LogP contribution in [0.25, 0.3) is 6.08 Å². The Hall–Kier alpha value is -3.81. The van der Waals surface area contributed by atoms with Crippen molar-refractivity contribution in [3.8, 4) is 17.2 Å². The number of benzene rings is 2. The molecule has 0 N–H and O–H groups in total. The minimum absolute atomic E-state index is 0.201. The molecule has 0 saturated heterocycles. The van der Waals surface area contributed by atoms with E-state index in [0.717, 1.165) is 16.7 Å². The fraction of sp³-hybridized carbons (Fsp3) is 0.452. The summed E-state index contributed by atoms with van der Waals surface area (Å²) in [6.45, 7) is 16.2. The van der Waals surface area contributed by atoms with Gasteiger partial charge in [0.25, 0.3) is 0 Å². The van der Waals surface area contributed by atoms with Crippen molar-refractivity contribution in [2.75, 3.05) is 20.2 Å². The van der Waals surface area contributed by atoms with Crippen molar-refractivity contribution in [2.45, 2.75) is 62.3 Å². The maximum atomic E-state index is 12.8.